The van der Waals surface area contributed by atoms with Crippen LogP contribution in [0, 0.1) is 0 Å². The van der Waals surface area contributed by atoms with Gasteiger partial charge in [-0.25, -0.2) is 0 Å². The molecule has 0 fully saturated rings. The monoisotopic (exact) mass is 307 g/mol. The number of amides is 1. The maximum atomic E-state index is 11.3. The molecule has 0 bridgehead atoms. The third-order valence-electron chi connectivity index (χ3n) is 3.98. The fourth-order valence-corrected chi connectivity index (χ4v) is 2.61. The van der Waals surface area contributed by atoms with E-state index in [0.29, 0.717) is 0 Å². The molecular formula is C20H21NO2. The van der Waals surface area contributed by atoms with E-state index in [0.717, 1.165) is 36.3 Å². The van der Waals surface area contributed by atoms with Crippen LogP contribution in [-0.2, 0) is 24.1 Å². The van der Waals surface area contributed by atoms with Crippen molar-refractivity contribution in [1.29, 1.82) is 0 Å². The van der Waals surface area contributed by atoms with Gasteiger partial charge < -0.3 is 10.1 Å². The Morgan fingerprint density at radius 3 is 2.39 bits per heavy atom. The molecule has 1 N–H and O–H groups in total. The lowest BCUT2D eigenvalue weighted by Crippen LogP contribution is -2.25. The largest absolute Gasteiger partial charge is 0.482 e. The first-order valence-electron chi connectivity index (χ1n) is 8.03. The van der Waals surface area contributed by atoms with Crippen LogP contribution in [0.15, 0.2) is 54.6 Å². The summed E-state index contributed by atoms with van der Waals surface area (Å²) < 4.78 is 5.36. The van der Waals surface area contributed by atoms with E-state index >= 15 is 0 Å². The van der Waals surface area contributed by atoms with Crippen molar-refractivity contribution in [3.63, 3.8) is 0 Å². The lowest BCUT2D eigenvalue weighted by Gasteiger charge is -2.18. The van der Waals surface area contributed by atoms with Gasteiger partial charge in [0.2, 0.25) is 0 Å². The minimum absolute atomic E-state index is 0.0966. The highest BCUT2D eigenvalue weighted by molar-refractivity contribution is 5.95. The van der Waals surface area contributed by atoms with Gasteiger partial charge >= 0.3 is 0 Å². The van der Waals surface area contributed by atoms with Gasteiger partial charge in [0.05, 0.1) is 5.69 Å². The Hall–Kier alpha value is -2.55. The van der Waals surface area contributed by atoms with Crippen molar-refractivity contribution in [1.82, 2.24) is 0 Å². The van der Waals surface area contributed by atoms with Crippen molar-refractivity contribution < 1.29 is 9.53 Å². The predicted molar refractivity (Wildman–Crippen MR) is 92.9 cm³/mol. The van der Waals surface area contributed by atoms with Crippen molar-refractivity contribution in [2.24, 2.45) is 0 Å². The number of hydrogen-bond donors (Lipinski definition) is 1. The quantitative estimate of drug-likeness (QED) is 0.850. The van der Waals surface area contributed by atoms with Gasteiger partial charge in [0, 0.05) is 0 Å². The van der Waals surface area contributed by atoms with Crippen LogP contribution >= 0.6 is 0 Å². The Morgan fingerprint density at radius 2 is 1.65 bits per heavy atom. The first-order chi connectivity index (χ1) is 11.2. The standard InChI is InChI=1S/C20H21NO2/c1-2-15-7-9-16(10-8-15)5-3-4-6-17-11-12-19-18(13-17)21-20(22)14-23-19/h3-4,7-13H,2,5-6,14H2,1H3,(H,21,22)/b4-3+. The number of hydrogen-bond acceptors (Lipinski definition) is 2. The van der Waals surface area contributed by atoms with Crippen LogP contribution in [-0.4, -0.2) is 12.5 Å². The molecular weight excluding hydrogens is 286 g/mol. The molecule has 0 radical (unpaired) electrons. The van der Waals surface area contributed by atoms with Crippen molar-refractivity contribution >= 4 is 11.6 Å². The van der Waals surface area contributed by atoms with E-state index in [1.54, 1.807) is 0 Å². The van der Waals surface area contributed by atoms with Crippen molar-refractivity contribution in [2.45, 2.75) is 26.2 Å². The van der Waals surface area contributed by atoms with Crippen molar-refractivity contribution in [2.75, 3.05) is 11.9 Å². The zero-order valence-corrected chi connectivity index (χ0v) is 13.3. The summed E-state index contributed by atoms with van der Waals surface area (Å²) in [5, 5.41) is 2.84. The van der Waals surface area contributed by atoms with Crippen LogP contribution in [0.5, 0.6) is 5.75 Å². The molecule has 23 heavy (non-hydrogen) atoms. The average Bonchev–Trinajstić information content (AvgIpc) is 2.59. The summed E-state index contributed by atoms with van der Waals surface area (Å²) in [5.74, 6) is 0.647. The van der Waals surface area contributed by atoms with Crippen LogP contribution < -0.4 is 10.1 Å². The molecule has 1 heterocycles. The maximum Gasteiger partial charge on any atom is 0.262 e. The lowest BCUT2D eigenvalue weighted by molar-refractivity contribution is -0.118. The summed E-state index contributed by atoms with van der Waals surface area (Å²) in [5.41, 5.74) is 4.62. The molecule has 0 saturated heterocycles. The zero-order valence-electron chi connectivity index (χ0n) is 13.3. The molecule has 118 valence electrons. The van der Waals surface area contributed by atoms with Gasteiger partial charge in [-0.05, 0) is 48.1 Å². The van der Waals surface area contributed by atoms with E-state index < -0.39 is 0 Å². The Morgan fingerprint density at radius 1 is 1.00 bits per heavy atom. The summed E-state index contributed by atoms with van der Waals surface area (Å²) in [7, 11) is 0. The molecule has 1 amide bonds. The Labute approximate surface area is 137 Å². The Bertz CT molecular complexity index is 717. The van der Waals surface area contributed by atoms with Gasteiger partial charge in [-0.2, -0.15) is 0 Å². The molecule has 0 unspecified atom stereocenters. The fourth-order valence-electron chi connectivity index (χ4n) is 2.61. The molecule has 3 nitrogen and oxygen atoms in total. The number of carbonyl (C=O) groups is 1. The maximum absolute atomic E-state index is 11.3. The Kier molecular flexibility index (Phi) is 4.77. The first kappa shape index (κ1) is 15.3. The highest BCUT2D eigenvalue weighted by Gasteiger charge is 2.15. The summed E-state index contributed by atoms with van der Waals surface area (Å²) in [6, 6.07) is 14.7. The third-order valence-corrected chi connectivity index (χ3v) is 3.98. The van der Waals surface area contributed by atoms with Crippen molar-refractivity contribution in [3.05, 3.63) is 71.3 Å². The second kappa shape index (κ2) is 7.14. The van der Waals surface area contributed by atoms with Crippen LogP contribution in [0.3, 0.4) is 0 Å². The predicted octanol–water partition coefficient (Wildman–Crippen LogP) is 3.92. The van der Waals surface area contributed by atoms with Gasteiger partial charge in [-0.1, -0.05) is 49.4 Å². The minimum Gasteiger partial charge on any atom is -0.482 e. The summed E-state index contributed by atoms with van der Waals surface area (Å²) in [4.78, 5) is 11.3. The normalized spacial score (nSPS) is 13.5. The Balaban J connectivity index is 1.57. The number of allylic oxidation sites excluding steroid dienone is 2. The van der Waals surface area contributed by atoms with E-state index in [1.807, 2.05) is 18.2 Å². The van der Waals surface area contributed by atoms with E-state index in [2.05, 4.69) is 48.7 Å². The fraction of sp³-hybridized carbons (Fsp3) is 0.250. The second-order valence-corrected chi connectivity index (χ2v) is 5.72. The molecule has 3 heteroatoms. The van der Waals surface area contributed by atoms with Crippen LogP contribution in [0.4, 0.5) is 5.69 Å². The number of nitrogens with one attached hydrogen (secondary N) is 1. The topological polar surface area (TPSA) is 38.3 Å². The molecule has 0 atom stereocenters. The number of rotatable bonds is 5. The molecule has 2 aromatic carbocycles. The molecule has 2 aromatic rings. The van der Waals surface area contributed by atoms with Crippen LogP contribution in [0.2, 0.25) is 0 Å². The molecule has 0 aliphatic carbocycles. The molecule has 0 aromatic heterocycles. The van der Waals surface area contributed by atoms with Gasteiger partial charge in [0.1, 0.15) is 5.75 Å². The van der Waals surface area contributed by atoms with Crippen LogP contribution in [0.25, 0.3) is 0 Å². The zero-order chi connectivity index (χ0) is 16.1. The number of ether oxygens (including phenoxy) is 1. The first-order valence-corrected chi connectivity index (χ1v) is 8.03. The van der Waals surface area contributed by atoms with E-state index in [4.69, 9.17) is 4.74 Å². The second-order valence-electron chi connectivity index (χ2n) is 5.72. The van der Waals surface area contributed by atoms with Crippen LogP contribution in [0.1, 0.15) is 23.6 Å². The smallest absolute Gasteiger partial charge is 0.262 e. The molecule has 1 aliphatic rings. The SMILES string of the molecule is CCc1ccc(C/C=C/Cc2ccc3c(c2)NC(=O)CO3)cc1. The molecule has 0 saturated carbocycles. The summed E-state index contributed by atoms with van der Waals surface area (Å²) in [6.45, 7) is 2.27. The van der Waals surface area contributed by atoms with E-state index in [9.17, 15) is 4.79 Å². The van der Waals surface area contributed by atoms with Gasteiger partial charge in [0.15, 0.2) is 6.61 Å². The number of anilines is 1. The summed E-state index contributed by atoms with van der Waals surface area (Å²) in [6.07, 6.45) is 7.22. The molecule has 3 rings (SSSR count). The number of aryl methyl sites for hydroxylation is 1. The number of carbonyl (C=O) groups excluding carboxylic acids is 1. The van der Waals surface area contributed by atoms with E-state index in [-0.39, 0.29) is 12.5 Å². The lowest BCUT2D eigenvalue weighted by atomic mass is 10.1. The van der Waals surface area contributed by atoms with Gasteiger partial charge in [-0.3, -0.25) is 4.79 Å². The molecule has 1 aliphatic heterocycles. The molecule has 0 spiro atoms. The number of benzene rings is 2. The number of fused-ring (bicyclic) bond motifs is 1. The van der Waals surface area contributed by atoms with Gasteiger partial charge in [-0.15, -0.1) is 0 Å². The minimum atomic E-state index is -0.0966. The highest BCUT2D eigenvalue weighted by atomic mass is 16.5. The van der Waals surface area contributed by atoms with E-state index in [1.165, 1.54) is 11.1 Å². The summed E-state index contributed by atoms with van der Waals surface area (Å²) >= 11 is 0. The average molecular weight is 307 g/mol. The van der Waals surface area contributed by atoms with Gasteiger partial charge in [0.25, 0.3) is 5.91 Å². The highest BCUT2D eigenvalue weighted by Crippen LogP contribution is 2.28. The van der Waals surface area contributed by atoms with Crippen molar-refractivity contribution in [3.8, 4) is 5.75 Å². The third kappa shape index (κ3) is 4.01.